The van der Waals surface area contributed by atoms with Gasteiger partial charge in [0.15, 0.2) is 0 Å². The summed E-state index contributed by atoms with van der Waals surface area (Å²) in [6.45, 7) is 1.07. The zero-order valence-electron chi connectivity index (χ0n) is 16.0. The minimum absolute atomic E-state index is 0.113. The summed E-state index contributed by atoms with van der Waals surface area (Å²) in [4.78, 5) is 25.1. The van der Waals surface area contributed by atoms with Gasteiger partial charge in [-0.2, -0.15) is 0 Å². The molecule has 154 valence electrons. The fourth-order valence-electron chi connectivity index (χ4n) is 3.70. The van der Waals surface area contributed by atoms with E-state index < -0.39 is 17.2 Å². The summed E-state index contributed by atoms with van der Waals surface area (Å²) in [5.74, 6) is -1.61. The second-order valence-electron chi connectivity index (χ2n) is 7.34. The number of nitrogens with one attached hydrogen (secondary N) is 1. The number of ether oxygens (including phenoxy) is 1. The van der Waals surface area contributed by atoms with Crippen LogP contribution in [0.3, 0.4) is 0 Å². The molecule has 1 saturated heterocycles. The van der Waals surface area contributed by atoms with Crippen LogP contribution in [-0.2, 0) is 26.2 Å². The molecule has 29 heavy (non-hydrogen) atoms. The average molecular weight is 419 g/mol. The third-order valence-electron chi connectivity index (χ3n) is 5.48. The van der Waals surface area contributed by atoms with Gasteiger partial charge in [0, 0.05) is 24.8 Å². The number of benzene rings is 2. The molecule has 5 nitrogen and oxygen atoms in total. The topological polar surface area (TPSA) is 81.4 Å². The summed E-state index contributed by atoms with van der Waals surface area (Å²) < 4.78 is 18.6. The Morgan fingerprint density at radius 2 is 1.72 bits per heavy atom. The van der Waals surface area contributed by atoms with Crippen molar-refractivity contribution in [3.8, 4) is 0 Å². The molecule has 1 heterocycles. The first-order valence-electron chi connectivity index (χ1n) is 9.56. The van der Waals surface area contributed by atoms with Crippen molar-refractivity contribution in [3.05, 3.63) is 70.5 Å². The molecule has 1 fully saturated rings. The predicted molar refractivity (Wildman–Crippen MR) is 109 cm³/mol. The van der Waals surface area contributed by atoms with Gasteiger partial charge in [-0.25, -0.2) is 4.39 Å². The molecular formula is C22H24ClFN2O3. The molecule has 1 unspecified atom stereocenters. The van der Waals surface area contributed by atoms with Crippen molar-refractivity contribution in [1.82, 2.24) is 5.32 Å². The summed E-state index contributed by atoms with van der Waals surface area (Å²) in [7, 11) is 0. The van der Waals surface area contributed by atoms with Crippen molar-refractivity contribution in [2.75, 3.05) is 19.8 Å². The third-order valence-corrected chi connectivity index (χ3v) is 5.74. The minimum atomic E-state index is -0.735. The van der Waals surface area contributed by atoms with E-state index in [4.69, 9.17) is 22.1 Å². The molecule has 0 aromatic heterocycles. The SMILES string of the molecule is NC(=O)C(CNC(=O)C1(c2ccc(Cl)cc2)CCOCC1)Cc1ccc(F)cc1. The van der Waals surface area contributed by atoms with Gasteiger partial charge in [-0.3, -0.25) is 9.59 Å². The second-order valence-corrected chi connectivity index (χ2v) is 7.78. The van der Waals surface area contributed by atoms with Crippen molar-refractivity contribution >= 4 is 23.4 Å². The molecule has 1 aliphatic heterocycles. The molecule has 3 N–H and O–H groups in total. The molecule has 1 aliphatic rings. The normalized spacial score (nSPS) is 16.8. The van der Waals surface area contributed by atoms with E-state index in [0.717, 1.165) is 11.1 Å². The first-order valence-corrected chi connectivity index (χ1v) is 9.94. The van der Waals surface area contributed by atoms with Crippen LogP contribution >= 0.6 is 11.6 Å². The lowest BCUT2D eigenvalue weighted by atomic mass is 9.73. The highest BCUT2D eigenvalue weighted by molar-refractivity contribution is 6.30. The van der Waals surface area contributed by atoms with E-state index in [1.165, 1.54) is 12.1 Å². The Morgan fingerprint density at radius 3 is 2.31 bits per heavy atom. The standard InChI is InChI=1S/C22H24ClFN2O3/c23-18-5-3-17(4-6-18)22(9-11-29-12-10-22)21(28)26-14-16(20(25)27)13-15-1-7-19(24)8-2-15/h1-8,16H,9-14H2,(H2,25,27)(H,26,28). The highest BCUT2D eigenvalue weighted by atomic mass is 35.5. The van der Waals surface area contributed by atoms with Crippen molar-refractivity contribution in [1.29, 1.82) is 0 Å². The maximum atomic E-state index is 13.2. The van der Waals surface area contributed by atoms with Gasteiger partial charge in [0.2, 0.25) is 11.8 Å². The fourth-order valence-corrected chi connectivity index (χ4v) is 3.83. The number of nitrogens with two attached hydrogens (primary N) is 1. The van der Waals surface area contributed by atoms with Crippen LogP contribution in [0.25, 0.3) is 0 Å². The molecule has 0 saturated carbocycles. The average Bonchev–Trinajstić information content (AvgIpc) is 2.73. The Labute approximate surface area is 174 Å². The molecule has 7 heteroatoms. The van der Waals surface area contributed by atoms with E-state index in [9.17, 15) is 14.0 Å². The number of hydrogen-bond acceptors (Lipinski definition) is 3. The smallest absolute Gasteiger partial charge is 0.230 e. The van der Waals surface area contributed by atoms with Crippen molar-refractivity contribution in [3.63, 3.8) is 0 Å². The number of rotatable bonds is 7. The first-order chi connectivity index (χ1) is 13.9. The zero-order valence-corrected chi connectivity index (χ0v) is 16.8. The summed E-state index contributed by atoms with van der Waals surface area (Å²) in [5.41, 5.74) is 6.46. The molecular weight excluding hydrogens is 395 g/mol. The second kappa shape index (κ2) is 9.37. The van der Waals surface area contributed by atoms with Crippen LogP contribution in [0.1, 0.15) is 24.0 Å². The van der Waals surface area contributed by atoms with E-state index in [1.807, 2.05) is 12.1 Å². The third kappa shape index (κ3) is 5.14. The molecule has 0 aliphatic carbocycles. The van der Waals surface area contributed by atoms with Crippen molar-refractivity contribution < 1.29 is 18.7 Å². The van der Waals surface area contributed by atoms with Crippen LogP contribution < -0.4 is 11.1 Å². The molecule has 2 aromatic carbocycles. The lowest BCUT2D eigenvalue weighted by molar-refractivity contribution is -0.131. The molecule has 3 rings (SSSR count). The number of amides is 2. The van der Waals surface area contributed by atoms with Crippen molar-refractivity contribution in [2.24, 2.45) is 11.7 Å². The van der Waals surface area contributed by atoms with Gasteiger partial charge in [-0.15, -0.1) is 0 Å². The molecule has 2 aromatic rings. The summed E-state index contributed by atoms with van der Waals surface area (Å²) in [5, 5.41) is 3.52. The maximum Gasteiger partial charge on any atom is 0.230 e. The first kappa shape index (κ1) is 21.3. The molecule has 0 bridgehead atoms. The van der Waals surface area contributed by atoms with Gasteiger partial charge in [-0.1, -0.05) is 35.9 Å². The Hall–Kier alpha value is -2.44. The van der Waals surface area contributed by atoms with Gasteiger partial charge in [0.1, 0.15) is 5.82 Å². The fraction of sp³-hybridized carbons (Fsp3) is 0.364. The number of hydrogen-bond donors (Lipinski definition) is 2. The lowest BCUT2D eigenvalue weighted by Gasteiger charge is -2.36. The molecule has 0 spiro atoms. The molecule has 1 atom stereocenters. The highest BCUT2D eigenvalue weighted by Gasteiger charge is 2.41. The monoisotopic (exact) mass is 418 g/mol. The lowest BCUT2D eigenvalue weighted by Crippen LogP contribution is -2.50. The summed E-state index contributed by atoms with van der Waals surface area (Å²) >= 11 is 6.00. The summed E-state index contributed by atoms with van der Waals surface area (Å²) in [6, 6.07) is 13.1. The largest absolute Gasteiger partial charge is 0.381 e. The number of carbonyl (C=O) groups excluding carboxylic acids is 2. The maximum absolute atomic E-state index is 13.2. The van der Waals surface area contributed by atoms with E-state index in [1.54, 1.807) is 24.3 Å². The number of halogens is 2. The van der Waals surface area contributed by atoms with Crippen molar-refractivity contribution in [2.45, 2.75) is 24.7 Å². The van der Waals surface area contributed by atoms with Crippen LogP contribution in [0, 0.1) is 11.7 Å². The summed E-state index contributed by atoms with van der Waals surface area (Å²) in [6.07, 6.45) is 1.41. The van der Waals surface area contributed by atoms with Crippen LogP contribution in [0.4, 0.5) is 4.39 Å². The van der Waals surface area contributed by atoms with E-state index in [0.29, 0.717) is 37.5 Å². The van der Waals surface area contributed by atoms with Gasteiger partial charge < -0.3 is 15.8 Å². The van der Waals surface area contributed by atoms with Gasteiger partial charge in [0.05, 0.1) is 11.3 Å². The predicted octanol–water partition coefficient (Wildman–Crippen LogP) is 2.99. The Morgan fingerprint density at radius 1 is 1.10 bits per heavy atom. The molecule has 0 radical (unpaired) electrons. The Balaban J connectivity index is 1.73. The van der Waals surface area contributed by atoms with Crippen LogP contribution in [0.5, 0.6) is 0 Å². The number of primary amides is 1. The van der Waals surface area contributed by atoms with Crippen LogP contribution in [-0.4, -0.2) is 31.6 Å². The number of carbonyl (C=O) groups is 2. The van der Waals surface area contributed by atoms with Gasteiger partial charge >= 0.3 is 0 Å². The zero-order chi connectivity index (χ0) is 20.9. The van der Waals surface area contributed by atoms with Crippen LogP contribution in [0.2, 0.25) is 5.02 Å². The minimum Gasteiger partial charge on any atom is -0.381 e. The highest BCUT2D eigenvalue weighted by Crippen LogP contribution is 2.35. The van der Waals surface area contributed by atoms with E-state index >= 15 is 0 Å². The van der Waals surface area contributed by atoms with E-state index in [2.05, 4.69) is 5.32 Å². The van der Waals surface area contributed by atoms with Gasteiger partial charge in [-0.05, 0) is 54.7 Å². The van der Waals surface area contributed by atoms with E-state index in [-0.39, 0.29) is 18.3 Å². The van der Waals surface area contributed by atoms with Crippen LogP contribution in [0.15, 0.2) is 48.5 Å². The Bertz CT molecular complexity index is 849. The molecule has 2 amide bonds. The Kier molecular flexibility index (Phi) is 6.87. The quantitative estimate of drug-likeness (QED) is 0.725. The van der Waals surface area contributed by atoms with Gasteiger partial charge in [0.25, 0.3) is 0 Å².